The van der Waals surface area contributed by atoms with Crippen LogP contribution in [0.2, 0.25) is 0 Å². The quantitative estimate of drug-likeness (QED) is 0.0321. The van der Waals surface area contributed by atoms with Gasteiger partial charge in [-0.3, -0.25) is 9.59 Å². The van der Waals surface area contributed by atoms with Crippen molar-refractivity contribution in [1.82, 2.24) is 5.32 Å². The Labute approximate surface area is 399 Å². The Hall–Kier alpha value is -1.66. The molecule has 0 aliphatic heterocycles. The molecular formula is C58H111NO5. The van der Waals surface area contributed by atoms with E-state index >= 15 is 0 Å². The van der Waals surface area contributed by atoms with Gasteiger partial charge in [0, 0.05) is 12.8 Å². The van der Waals surface area contributed by atoms with Gasteiger partial charge in [-0.15, -0.1) is 0 Å². The molecule has 0 bridgehead atoms. The predicted molar refractivity (Wildman–Crippen MR) is 278 cm³/mol. The summed E-state index contributed by atoms with van der Waals surface area (Å²) in [4.78, 5) is 24.5. The first-order chi connectivity index (χ1) is 31.5. The molecule has 0 rings (SSSR count). The first kappa shape index (κ1) is 62.3. The highest BCUT2D eigenvalue weighted by molar-refractivity contribution is 5.76. The first-order valence-corrected chi connectivity index (χ1v) is 28.6. The monoisotopic (exact) mass is 902 g/mol. The lowest BCUT2D eigenvalue weighted by Crippen LogP contribution is -2.45. The zero-order chi connectivity index (χ0) is 46.5. The summed E-state index contributed by atoms with van der Waals surface area (Å²) >= 11 is 0. The fraction of sp³-hybridized carbons (Fsp3) is 0.897. The predicted octanol–water partition coefficient (Wildman–Crippen LogP) is 17.5. The average molecular weight is 903 g/mol. The third-order valence-electron chi connectivity index (χ3n) is 13.2. The number of hydrogen-bond donors (Lipinski definition) is 3. The number of hydrogen-bond acceptors (Lipinski definition) is 5. The molecule has 0 aromatic carbocycles. The van der Waals surface area contributed by atoms with Crippen LogP contribution in [-0.2, 0) is 14.3 Å². The van der Waals surface area contributed by atoms with Gasteiger partial charge in [0.25, 0.3) is 0 Å². The molecule has 1 amide bonds. The highest BCUT2D eigenvalue weighted by Crippen LogP contribution is 2.17. The fourth-order valence-corrected chi connectivity index (χ4v) is 8.81. The maximum Gasteiger partial charge on any atom is 0.305 e. The second kappa shape index (κ2) is 54.0. The van der Waals surface area contributed by atoms with Crippen LogP contribution in [0.5, 0.6) is 0 Å². The Morgan fingerprint density at radius 3 is 1.14 bits per heavy atom. The van der Waals surface area contributed by atoms with E-state index < -0.39 is 12.1 Å². The Morgan fingerprint density at radius 2 is 0.750 bits per heavy atom. The van der Waals surface area contributed by atoms with Crippen molar-refractivity contribution in [3.8, 4) is 0 Å². The maximum atomic E-state index is 12.5. The largest absolute Gasteiger partial charge is 0.466 e. The van der Waals surface area contributed by atoms with E-state index in [1.807, 2.05) is 0 Å². The van der Waals surface area contributed by atoms with E-state index in [9.17, 15) is 19.8 Å². The van der Waals surface area contributed by atoms with Gasteiger partial charge < -0.3 is 20.3 Å². The van der Waals surface area contributed by atoms with Crippen LogP contribution in [0.15, 0.2) is 24.3 Å². The number of ether oxygens (including phenoxy) is 1. The lowest BCUT2D eigenvalue weighted by atomic mass is 10.0. The van der Waals surface area contributed by atoms with E-state index in [4.69, 9.17) is 4.74 Å². The van der Waals surface area contributed by atoms with Crippen LogP contribution in [0.4, 0.5) is 0 Å². The topological polar surface area (TPSA) is 95.9 Å². The van der Waals surface area contributed by atoms with Crippen molar-refractivity contribution in [2.45, 2.75) is 321 Å². The van der Waals surface area contributed by atoms with Gasteiger partial charge in [0.1, 0.15) is 0 Å². The summed E-state index contributed by atoms with van der Waals surface area (Å²) in [6.45, 7) is 4.87. The molecule has 0 fully saturated rings. The highest BCUT2D eigenvalue weighted by Gasteiger charge is 2.20. The summed E-state index contributed by atoms with van der Waals surface area (Å²) in [5.74, 6) is -0.136. The van der Waals surface area contributed by atoms with Crippen molar-refractivity contribution in [3.05, 3.63) is 24.3 Å². The van der Waals surface area contributed by atoms with Gasteiger partial charge in [-0.2, -0.15) is 0 Å². The molecule has 2 atom stereocenters. The van der Waals surface area contributed by atoms with Crippen molar-refractivity contribution in [1.29, 1.82) is 0 Å². The van der Waals surface area contributed by atoms with Gasteiger partial charge in [0.15, 0.2) is 0 Å². The van der Waals surface area contributed by atoms with Gasteiger partial charge >= 0.3 is 5.97 Å². The molecule has 0 aromatic heterocycles. The lowest BCUT2D eigenvalue weighted by molar-refractivity contribution is -0.143. The molecule has 0 aliphatic carbocycles. The van der Waals surface area contributed by atoms with Crippen molar-refractivity contribution in [3.63, 3.8) is 0 Å². The molecule has 378 valence electrons. The zero-order valence-corrected chi connectivity index (χ0v) is 43.0. The first-order valence-electron chi connectivity index (χ1n) is 28.6. The van der Waals surface area contributed by atoms with Gasteiger partial charge in [0.2, 0.25) is 5.91 Å². The van der Waals surface area contributed by atoms with Crippen LogP contribution in [0.1, 0.15) is 309 Å². The maximum absolute atomic E-state index is 12.5. The van der Waals surface area contributed by atoms with Gasteiger partial charge in [-0.1, -0.05) is 250 Å². The minimum Gasteiger partial charge on any atom is -0.466 e. The number of rotatable bonds is 53. The molecular weight excluding hydrogens is 791 g/mol. The molecule has 0 aromatic rings. The number of aliphatic hydroxyl groups is 2. The van der Waals surface area contributed by atoms with E-state index in [-0.39, 0.29) is 18.5 Å². The zero-order valence-electron chi connectivity index (χ0n) is 43.0. The second-order valence-electron chi connectivity index (χ2n) is 19.6. The normalized spacial score (nSPS) is 12.8. The number of carbonyl (C=O) groups is 2. The molecule has 0 saturated carbocycles. The molecule has 0 spiro atoms. The summed E-state index contributed by atoms with van der Waals surface area (Å²) in [6, 6.07) is -0.580. The van der Waals surface area contributed by atoms with Crippen molar-refractivity contribution >= 4 is 11.9 Å². The van der Waals surface area contributed by atoms with E-state index in [1.165, 1.54) is 205 Å². The van der Waals surface area contributed by atoms with Crippen molar-refractivity contribution in [2.75, 3.05) is 13.2 Å². The number of allylic oxidation sites excluding steroid dienone is 4. The minimum atomic E-state index is -0.696. The minimum absolute atomic E-state index is 0.0422. The SMILES string of the molecule is CCCCCCCCC/C=C\CCCCCCCC(=O)OCCCCCC/C=C\CCCC(=O)NC(CO)C(O)CCCCCCCCCCCCCCCCCCCCCCCC. The van der Waals surface area contributed by atoms with Gasteiger partial charge in [-0.25, -0.2) is 0 Å². The van der Waals surface area contributed by atoms with E-state index in [0.717, 1.165) is 70.6 Å². The van der Waals surface area contributed by atoms with Crippen molar-refractivity contribution in [2.24, 2.45) is 0 Å². The number of aliphatic hydroxyl groups excluding tert-OH is 2. The number of carbonyl (C=O) groups excluding carboxylic acids is 2. The molecule has 2 unspecified atom stereocenters. The highest BCUT2D eigenvalue weighted by atomic mass is 16.5. The summed E-state index contributed by atoms with van der Waals surface area (Å²) in [7, 11) is 0. The molecule has 6 heteroatoms. The Balaban J connectivity index is 3.52. The van der Waals surface area contributed by atoms with E-state index in [1.54, 1.807) is 0 Å². The number of amides is 1. The molecule has 6 nitrogen and oxygen atoms in total. The van der Waals surface area contributed by atoms with Crippen LogP contribution in [-0.4, -0.2) is 47.4 Å². The molecule has 0 radical (unpaired) electrons. The van der Waals surface area contributed by atoms with Crippen LogP contribution < -0.4 is 5.32 Å². The molecule has 0 saturated heterocycles. The molecule has 3 N–H and O–H groups in total. The summed E-state index contributed by atoms with van der Waals surface area (Å²) in [5, 5.41) is 23.3. The van der Waals surface area contributed by atoms with Crippen LogP contribution in [0, 0.1) is 0 Å². The Bertz CT molecular complexity index is 997. The lowest BCUT2D eigenvalue weighted by Gasteiger charge is -2.22. The fourth-order valence-electron chi connectivity index (χ4n) is 8.81. The summed E-state index contributed by atoms with van der Waals surface area (Å²) in [5.41, 5.74) is 0. The Kier molecular flexibility index (Phi) is 52.6. The molecule has 0 heterocycles. The average Bonchev–Trinajstić information content (AvgIpc) is 3.29. The van der Waals surface area contributed by atoms with E-state index in [0.29, 0.717) is 25.9 Å². The number of unbranched alkanes of at least 4 members (excludes halogenated alkanes) is 38. The number of nitrogens with one attached hydrogen (secondary N) is 1. The third-order valence-corrected chi connectivity index (χ3v) is 13.2. The van der Waals surface area contributed by atoms with Crippen LogP contribution in [0.3, 0.4) is 0 Å². The van der Waals surface area contributed by atoms with Crippen LogP contribution in [0.25, 0.3) is 0 Å². The summed E-state index contributed by atoms with van der Waals surface area (Å²) in [6.07, 6.45) is 64.6. The standard InChI is InChI=1S/C58H111NO5/c1-3-5-7-9-11-13-15-17-19-21-22-23-24-25-26-27-29-31-34-38-42-46-50-56(61)55(54-60)59-57(62)51-47-43-39-35-33-37-41-45-49-53-64-58(63)52-48-44-40-36-32-30-28-20-18-16-14-12-10-8-6-4-2/h20,28,35,39,55-56,60-61H,3-19,21-27,29-34,36-38,40-54H2,1-2H3,(H,59,62)/b28-20-,39-35-. The third kappa shape index (κ3) is 49.8. The van der Waals surface area contributed by atoms with Gasteiger partial charge in [0.05, 0.1) is 25.4 Å². The Morgan fingerprint density at radius 1 is 0.422 bits per heavy atom. The summed E-state index contributed by atoms with van der Waals surface area (Å²) < 4.78 is 5.45. The second-order valence-corrected chi connectivity index (χ2v) is 19.6. The van der Waals surface area contributed by atoms with E-state index in [2.05, 4.69) is 43.5 Å². The van der Waals surface area contributed by atoms with Crippen LogP contribution >= 0.6 is 0 Å². The number of esters is 1. The smallest absolute Gasteiger partial charge is 0.305 e. The van der Waals surface area contributed by atoms with Crippen molar-refractivity contribution < 1.29 is 24.5 Å². The van der Waals surface area contributed by atoms with Gasteiger partial charge in [-0.05, 0) is 70.6 Å². The molecule has 0 aliphatic rings. The molecule has 64 heavy (non-hydrogen) atoms.